The molecule has 8 heteroatoms. The van der Waals surface area contributed by atoms with Crippen molar-refractivity contribution in [3.8, 4) is 11.3 Å². The summed E-state index contributed by atoms with van der Waals surface area (Å²) >= 11 is 5.96. The summed E-state index contributed by atoms with van der Waals surface area (Å²) in [6, 6.07) is 16.1. The van der Waals surface area contributed by atoms with E-state index in [1.54, 1.807) is 0 Å². The van der Waals surface area contributed by atoms with E-state index in [4.69, 9.17) is 39.6 Å². The fraction of sp³-hybridized carbons (Fsp3) is 0.211. The molecule has 0 bridgehead atoms. The fourth-order valence-electron chi connectivity index (χ4n) is 2.42. The Bertz CT molecular complexity index is 970. The fourth-order valence-corrected chi connectivity index (χ4v) is 2.55. The van der Waals surface area contributed by atoms with E-state index in [9.17, 15) is 0 Å². The second kappa shape index (κ2) is 8.84. The third kappa shape index (κ3) is 6.95. The summed E-state index contributed by atoms with van der Waals surface area (Å²) in [7, 11) is -4.69. The lowest BCUT2D eigenvalue weighted by atomic mass is 10.1. The zero-order valence-electron chi connectivity index (χ0n) is 15.0. The molecule has 144 valence electrons. The third-order valence-corrected chi connectivity index (χ3v) is 3.68. The molecule has 0 aliphatic heterocycles. The lowest BCUT2D eigenvalue weighted by Crippen LogP contribution is -2.58. The van der Waals surface area contributed by atoms with Crippen LogP contribution in [0.2, 0.25) is 5.02 Å². The van der Waals surface area contributed by atoms with Gasteiger partial charge in [0.2, 0.25) is 0 Å². The Kier molecular flexibility index (Phi) is 7.00. The molecule has 0 fully saturated rings. The Balaban J connectivity index is 0.000000465. The van der Waals surface area contributed by atoms with Crippen LogP contribution in [0.1, 0.15) is 19.4 Å². The number of halogens is 2. The molecular weight excluding hydrogens is 393 g/mol. The molecule has 1 N–H and O–H groups in total. The van der Waals surface area contributed by atoms with Crippen molar-refractivity contribution < 1.29 is 33.3 Å². The monoisotopic (exact) mass is 411 g/mol. The molecule has 0 amide bonds. The maximum absolute atomic E-state index is 8.60. The zero-order chi connectivity index (χ0) is 20.2. The van der Waals surface area contributed by atoms with Gasteiger partial charge >= 0.3 is 0 Å². The van der Waals surface area contributed by atoms with Gasteiger partial charge in [0.1, 0.15) is 11.3 Å². The average Bonchev–Trinajstić information content (AvgIpc) is 2.54. The molecule has 0 atom stereocenters. The number of aryl methyl sites for hydroxylation is 1. The zero-order valence-corrected chi connectivity index (χ0v) is 16.5. The van der Waals surface area contributed by atoms with Gasteiger partial charge in [-0.15, -0.1) is 0 Å². The number of fused-ring (bicyclic) bond motifs is 1. The van der Waals surface area contributed by atoms with Gasteiger partial charge in [-0.25, -0.2) is 0 Å². The minimum Gasteiger partial charge on any atom is -0.456 e. The predicted molar refractivity (Wildman–Crippen MR) is 94.3 cm³/mol. The Morgan fingerprint density at radius 1 is 1.04 bits per heavy atom. The van der Waals surface area contributed by atoms with Crippen LogP contribution in [0.5, 0.6) is 0 Å². The van der Waals surface area contributed by atoms with Crippen molar-refractivity contribution in [3.05, 3.63) is 64.5 Å². The van der Waals surface area contributed by atoms with E-state index in [0.717, 1.165) is 27.7 Å². The first kappa shape index (κ1) is 21.4. The van der Waals surface area contributed by atoms with Crippen LogP contribution in [0, 0.1) is 17.2 Å². The van der Waals surface area contributed by atoms with E-state index in [-0.39, 0.29) is 6.04 Å². The molecule has 3 aromatic rings. The maximum Gasteiger partial charge on any atom is 0.136 e. The summed E-state index contributed by atoms with van der Waals surface area (Å²) < 4.78 is 38.8. The van der Waals surface area contributed by atoms with Crippen LogP contribution in [0.3, 0.4) is 0 Å². The van der Waals surface area contributed by atoms with Crippen molar-refractivity contribution in [3.63, 3.8) is 0 Å². The summed E-state index contributed by atoms with van der Waals surface area (Å²) in [5.41, 5.74) is 3.03. The van der Waals surface area contributed by atoms with Gasteiger partial charge in [0, 0.05) is 28.1 Å². The molecule has 6 nitrogen and oxygen atoms in total. The van der Waals surface area contributed by atoms with Crippen LogP contribution in [-0.4, -0.2) is 10.7 Å². The second-order valence-corrected chi connectivity index (χ2v) is 7.35. The van der Waals surface area contributed by atoms with Gasteiger partial charge in [-0.05, 0) is 57.2 Å². The number of hydrogen-bond acceptors (Lipinski definition) is 6. The van der Waals surface area contributed by atoms with Crippen LogP contribution in [0.25, 0.3) is 22.3 Å². The summed E-state index contributed by atoms with van der Waals surface area (Å²) in [5.74, 6) is 0.799. The van der Waals surface area contributed by atoms with E-state index >= 15 is 0 Å². The summed E-state index contributed by atoms with van der Waals surface area (Å²) in [6.45, 7) is 6.23. The first-order chi connectivity index (χ1) is 12.5. The van der Waals surface area contributed by atoms with Crippen molar-refractivity contribution >= 4 is 22.6 Å². The van der Waals surface area contributed by atoms with E-state index < -0.39 is 10.2 Å². The minimum atomic E-state index is -4.69. The topological polar surface area (TPSA) is 115 Å². The Hall–Kier alpha value is -1.93. The molecule has 1 aromatic heterocycles. The molecule has 0 aliphatic rings. The molecule has 0 spiro atoms. The van der Waals surface area contributed by atoms with Crippen molar-refractivity contribution in [1.29, 1.82) is 0 Å². The van der Waals surface area contributed by atoms with Gasteiger partial charge in [0.25, 0.3) is 0 Å². The number of rotatable bonds is 2. The summed E-state index contributed by atoms with van der Waals surface area (Å²) in [5, 5.41) is 2.73. The van der Waals surface area contributed by atoms with Gasteiger partial charge in [0.05, 0.1) is 20.3 Å². The Labute approximate surface area is 163 Å². The molecule has 0 saturated heterocycles. The molecular formula is C19H19Cl2NO5. The van der Waals surface area contributed by atoms with E-state index in [0.29, 0.717) is 5.02 Å². The van der Waals surface area contributed by atoms with Gasteiger partial charge in [0.15, 0.2) is 0 Å². The van der Waals surface area contributed by atoms with Crippen LogP contribution in [-0.2, 0) is 0 Å². The highest BCUT2D eigenvalue weighted by atomic mass is 35.7. The molecule has 3 rings (SSSR count). The molecule has 27 heavy (non-hydrogen) atoms. The van der Waals surface area contributed by atoms with Gasteiger partial charge in [-0.1, -0.05) is 23.2 Å². The van der Waals surface area contributed by atoms with Crippen molar-refractivity contribution in [2.24, 2.45) is 4.99 Å². The lowest BCUT2D eigenvalue weighted by molar-refractivity contribution is -1.92. The molecule has 0 unspecified atom stereocenters. The highest BCUT2D eigenvalue weighted by molar-refractivity contribution is 6.30. The lowest BCUT2D eigenvalue weighted by Gasteiger charge is -2.07. The Morgan fingerprint density at radius 2 is 1.63 bits per heavy atom. The Morgan fingerprint density at radius 3 is 2.19 bits per heavy atom. The van der Waals surface area contributed by atoms with E-state index in [2.05, 4.69) is 32.9 Å². The van der Waals surface area contributed by atoms with Crippen LogP contribution in [0.15, 0.2) is 57.9 Å². The molecule has 0 aliphatic carbocycles. The van der Waals surface area contributed by atoms with E-state index in [1.165, 1.54) is 5.56 Å². The molecule has 0 saturated carbocycles. The number of hydrogen-bond donors (Lipinski definition) is 1. The van der Waals surface area contributed by atoms with Crippen LogP contribution >= 0.6 is 11.6 Å². The SMILES string of the molecule is Cc1ccc2oc(-c3ccc(Cl)cc3)cc(=NC(C)C)c2c1.[O-][Cl+3]([O-])([O-])O. The van der Waals surface area contributed by atoms with Crippen molar-refractivity contribution in [1.82, 2.24) is 0 Å². The largest absolute Gasteiger partial charge is 0.456 e. The molecule has 0 radical (unpaired) electrons. The standard InChI is InChI=1S/C19H18ClNO.ClHO4/c1-12(2)21-17-11-19(14-5-7-15(20)8-6-14)22-18-9-4-13(3)10-16(17)18;2-1(3,4)5/h4-12H,1-3H3;(H,2,3,4,5). The average molecular weight is 412 g/mol. The summed E-state index contributed by atoms with van der Waals surface area (Å²) in [4.78, 5) is 4.75. The normalized spacial score (nSPS) is 12.3. The van der Waals surface area contributed by atoms with Crippen LogP contribution in [0.4, 0.5) is 0 Å². The first-order valence-corrected chi connectivity index (χ1v) is 9.64. The molecule has 1 heterocycles. The van der Waals surface area contributed by atoms with Crippen LogP contribution < -0.4 is 19.3 Å². The van der Waals surface area contributed by atoms with Crippen molar-refractivity contribution in [2.45, 2.75) is 26.8 Å². The van der Waals surface area contributed by atoms with Gasteiger partial charge in [-0.3, -0.25) is 4.99 Å². The smallest absolute Gasteiger partial charge is 0.136 e. The predicted octanol–water partition coefficient (Wildman–Crippen LogP) is 1.25. The maximum atomic E-state index is 8.60. The third-order valence-electron chi connectivity index (χ3n) is 3.42. The quantitative estimate of drug-likeness (QED) is 0.680. The van der Waals surface area contributed by atoms with Crippen molar-refractivity contribution in [2.75, 3.05) is 0 Å². The highest BCUT2D eigenvalue weighted by Gasteiger charge is 2.07. The minimum absolute atomic E-state index is 0.226. The molecule has 2 aromatic carbocycles. The number of benzene rings is 2. The second-order valence-electron chi connectivity index (χ2n) is 6.12. The van der Waals surface area contributed by atoms with Gasteiger partial charge in [-0.2, -0.15) is 14.0 Å². The van der Waals surface area contributed by atoms with Gasteiger partial charge < -0.3 is 4.42 Å². The number of nitrogens with zero attached hydrogens (tertiary/aromatic N) is 1. The first-order valence-electron chi connectivity index (χ1n) is 8.00. The van der Waals surface area contributed by atoms with E-state index in [1.807, 2.05) is 36.4 Å². The highest BCUT2D eigenvalue weighted by Crippen LogP contribution is 2.24. The summed E-state index contributed by atoms with van der Waals surface area (Å²) in [6.07, 6.45) is 0.